The summed E-state index contributed by atoms with van der Waals surface area (Å²) in [5, 5.41) is 5.82. The Balaban J connectivity index is 1.59. The minimum atomic E-state index is -0.865. The summed E-state index contributed by atoms with van der Waals surface area (Å²) in [7, 11) is 1.54. The van der Waals surface area contributed by atoms with Gasteiger partial charge in [-0.1, -0.05) is 62.4 Å². The van der Waals surface area contributed by atoms with Gasteiger partial charge < -0.3 is 20.1 Å². The first-order valence-corrected chi connectivity index (χ1v) is 12.2. The van der Waals surface area contributed by atoms with Crippen molar-refractivity contribution in [3.63, 3.8) is 0 Å². The van der Waals surface area contributed by atoms with Crippen LogP contribution in [0.4, 0.5) is 10.5 Å². The van der Waals surface area contributed by atoms with Gasteiger partial charge in [-0.15, -0.1) is 0 Å². The van der Waals surface area contributed by atoms with Crippen molar-refractivity contribution in [2.75, 3.05) is 19.0 Å². The monoisotopic (exact) mass is 501 g/mol. The molecule has 0 spiro atoms. The molecule has 8 nitrogen and oxygen atoms in total. The molecule has 37 heavy (non-hydrogen) atoms. The Hall–Kier alpha value is -4.33. The van der Waals surface area contributed by atoms with Crippen LogP contribution in [0.1, 0.15) is 41.4 Å². The standard InChI is InChI=1S/C29H31N3O5/c1-19(2)17-30-28(34)25-26(37-29(35)32(25)18-20-9-5-4-6-10-20)21-11-7-13-23(15-21)31-27(33)22-12-8-14-24(16-22)36-3/h4-16,19,25-26H,17-18H2,1-3H3,(H,30,34)(H,31,33)/t25-,26-/m1/s1. The Morgan fingerprint density at radius 2 is 1.76 bits per heavy atom. The zero-order valence-electron chi connectivity index (χ0n) is 21.1. The number of hydrogen-bond acceptors (Lipinski definition) is 5. The van der Waals surface area contributed by atoms with E-state index in [2.05, 4.69) is 10.6 Å². The van der Waals surface area contributed by atoms with E-state index in [0.717, 1.165) is 5.56 Å². The van der Waals surface area contributed by atoms with Crippen molar-refractivity contribution in [3.8, 4) is 5.75 Å². The van der Waals surface area contributed by atoms with Crippen molar-refractivity contribution in [2.24, 2.45) is 5.92 Å². The summed E-state index contributed by atoms with van der Waals surface area (Å²) in [5.41, 5.74) is 2.46. The van der Waals surface area contributed by atoms with E-state index in [1.54, 1.807) is 48.5 Å². The first kappa shape index (κ1) is 25.8. The molecule has 8 heteroatoms. The van der Waals surface area contributed by atoms with E-state index in [4.69, 9.17) is 9.47 Å². The second-order valence-corrected chi connectivity index (χ2v) is 9.31. The fourth-order valence-corrected chi connectivity index (χ4v) is 4.16. The molecule has 0 unspecified atom stereocenters. The van der Waals surface area contributed by atoms with Gasteiger partial charge in [0, 0.05) is 17.8 Å². The lowest BCUT2D eigenvalue weighted by Gasteiger charge is -2.25. The fraction of sp³-hybridized carbons (Fsp3) is 0.276. The Bertz CT molecular complexity index is 1260. The molecule has 0 aromatic heterocycles. The van der Waals surface area contributed by atoms with Crippen molar-refractivity contribution in [1.29, 1.82) is 0 Å². The van der Waals surface area contributed by atoms with Gasteiger partial charge in [-0.25, -0.2) is 4.79 Å². The minimum Gasteiger partial charge on any atom is -0.497 e. The van der Waals surface area contributed by atoms with Crippen LogP contribution < -0.4 is 15.4 Å². The number of anilines is 1. The predicted octanol–water partition coefficient (Wildman–Crippen LogP) is 4.78. The lowest BCUT2D eigenvalue weighted by molar-refractivity contribution is -0.126. The predicted molar refractivity (Wildman–Crippen MR) is 140 cm³/mol. The summed E-state index contributed by atoms with van der Waals surface area (Å²) in [6.45, 7) is 4.73. The van der Waals surface area contributed by atoms with Crippen LogP contribution in [0.15, 0.2) is 78.9 Å². The number of cyclic esters (lactones) is 1. The van der Waals surface area contributed by atoms with Gasteiger partial charge >= 0.3 is 6.09 Å². The molecule has 1 fully saturated rings. The van der Waals surface area contributed by atoms with Crippen molar-refractivity contribution >= 4 is 23.6 Å². The maximum Gasteiger partial charge on any atom is 0.411 e. The number of amides is 3. The first-order valence-electron chi connectivity index (χ1n) is 12.2. The summed E-state index contributed by atoms with van der Waals surface area (Å²) in [4.78, 5) is 40.6. The molecule has 2 N–H and O–H groups in total. The van der Waals surface area contributed by atoms with Gasteiger partial charge in [0.15, 0.2) is 12.1 Å². The van der Waals surface area contributed by atoms with E-state index in [1.165, 1.54) is 12.0 Å². The number of carbonyl (C=O) groups excluding carboxylic acids is 3. The van der Waals surface area contributed by atoms with E-state index in [1.807, 2.05) is 44.2 Å². The molecule has 0 aliphatic carbocycles. The zero-order valence-corrected chi connectivity index (χ0v) is 21.1. The van der Waals surface area contributed by atoms with E-state index in [9.17, 15) is 14.4 Å². The molecule has 1 aliphatic heterocycles. The molecule has 0 bridgehead atoms. The average Bonchev–Trinajstić information content (AvgIpc) is 3.23. The van der Waals surface area contributed by atoms with Crippen LogP contribution in [0.3, 0.4) is 0 Å². The maximum atomic E-state index is 13.3. The van der Waals surface area contributed by atoms with E-state index < -0.39 is 18.2 Å². The number of nitrogens with one attached hydrogen (secondary N) is 2. The van der Waals surface area contributed by atoms with Crippen molar-refractivity contribution < 1.29 is 23.9 Å². The summed E-state index contributed by atoms with van der Waals surface area (Å²) >= 11 is 0. The number of rotatable bonds is 9. The number of nitrogens with zero attached hydrogens (tertiary/aromatic N) is 1. The maximum absolute atomic E-state index is 13.3. The van der Waals surface area contributed by atoms with E-state index in [-0.39, 0.29) is 24.3 Å². The molecular formula is C29H31N3O5. The SMILES string of the molecule is COc1cccc(C(=O)Nc2cccc([C@H]3OC(=O)N(Cc4ccccc4)[C@H]3C(=O)NCC(C)C)c2)c1. The van der Waals surface area contributed by atoms with Crippen LogP contribution in [-0.2, 0) is 16.1 Å². The minimum absolute atomic E-state index is 0.238. The topological polar surface area (TPSA) is 97.0 Å². The number of ether oxygens (including phenoxy) is 2. The smallest absolute Gasteiger partial charge is 0.411 e. The van der Waals surface area contributed by atoms with Gasteiger partial charge in [-0.2, -0.15) is 0 Å². The van der Waals surface area contributed by atoms with Crippen molar-refractivity contribution in [3.05, 3.63) is 95.6 Å². The molecule has 2 atom stereocenters. The number of carbonyl (C=O) groups is 3. The highest BCUT2D eigenvalue weighted by Gasteiger charge is 2.47. The molecule has 0 saturated carbocycles. The van der Waals surface area contributed by atoms with Crippen LogP contribution in [0, 0.1) is 5.92 Å². The Morgan fingerprint density at radius 1 is 1.00 bits per heavy atom. The highest BCUT2D eigenvalue weighted by atomic mass is 16.6. The zero-order chi connectivity index (χ0) is 26.4. The highest BCUT2D eigenvalue weighted by Crippen LogP contribution is 2.35. The second-order valence-electron chi connectivity index (χ2n) is 9.31. The number of methoxy groups -OCH3 is 1. The van der Waals surface area contributed by atoms with Gasteiger partial charge in [0.25, 0.3) is 5.91 Å². The summed E-state index contributed by atoms with van der Waals surface area (Å²) in [6.07, 6.45) is -1.40. The van der Waals surface area contributed by atoms with E-state index in [0.29, 0.717) is 29.1 Å². The van der Waals surface area contributed by atoms with Gasteiger partial charge in [0.2, 0.25) is 5.91 Å². The van der Waals surface area contributed by atoms with Gasteiger partial charge in [-0.3, -0.25) is 14.5 Å². The third-order valence-corrected chi connectivity index (χ3v) is 6.04. The van der Waals surface area contributed by atoms with Gasteiger partial charge in [0.05, 0.1) is 13.7 Å². The average molecular weight is 502 g/mol. The van der Waals surface area contributed by atoms with Crippen LogP contribution in [-0.4, -0.2) is 42.5 Å². The normalized spacial score (nSPS) is 16.9. The van der Waals surface area contributed by atoms with Gasteiger partial charge in [0.1, 0.15) is 5.75 Å². The highest BCUT2D eigenvalue weighted by molar-refractivity contribution is 6.04. The summed E-state index contributed by atoms with van der Waals surface area (Å²) in [5.74, 6) is 0.230. The Kier molecular flexibility index (Phi) is 8.08. The van der Waals surface area contributed by atoms with Crippen LogP contribution in [0.2, 0.25) is 0 Å². The lowest BCUT2D eigenvalue weighted by Crippen LogP contribution is -2.47. The fourth-order valence-electron chi connectivity index (χ4n) is 4.16. The summed E-state index contributed by atoms with van der Waals surface area (Å²) < 4.78 is 10.9. The largest absolute Gasteiger partial charge is 0.497 e. The molecular weight excluding hydrogens is 470 g/mol. The molecule has 3 aromatic carbocycles. The quantitative estimate of drug-likeness (QED) is 0.440. The number of hydrogen-bond donors (Lipinski definition) is 2. The molecule has 1 aliphatic rings. The summed E-state index contributed by atoms with van der Waals surface area (Å²) in [6, 6.07) is 22.5. The van der Waals surface area contributed by atoms with Crippen LogP contribution >= 0.6 is 0 Å². The molecule has 0 radical (unpaired) electrons. The molecule has 4 rings (SSSR count). The molecule has 1 saturated heterocycles. The Morgan fingerprint density at radius 3 is 2.49 bits per heavy atom. The molecule has 1 heterocycles. The lowest BCUT2D eigenvalue weighted by atomic mass is 9.99. The third-order valence-electron chi connectivity index (χ3n) is 6.04. The van der Waals surface area contributed by atoms with Crippen LogP contribution in [0.5, 0.6) is 5.75 Å². The molecule has 3 amide bonds. The molecule has 3 aromatic rings. The second kappa shape index (κ2) is 11.6. The van der Waals surface area contributed by atoms with Gasteiger partial charge in [-0.05, 0) is 47.4 Å². The third kappa shape index (κ3) is 6.27. The first-order chi connectivity index (χ1) is 17.9. The van der Waals surface area contributed by atoms with E-state index >= 15 is 0 Å². The van der Waals surface area contributed by atoms with Crippen molar-refractivity contribution in [1.82, 2.24) is 10.2 Å². The van der Waals surface area contributed by atoms with Crippen molar-refractivity contribution in [2.45, 2.75) is 32.5 Å². The number of benzene rings is 3. The Labute approximate surface area is 216 Å². The molecule has 192 valence electrons. The van der Waals surface area contributed by atoms with Crippen LogP contribution in [0.25, 0.3) is 0 Å².